The van der Waals surface area contributed by atoms with Gasteiger partial charge >= 0.3 is 0 Å². The molecule has 5 heteroatoms. The second-order valence-corrected chi connectivity index (χ2v) is 6.25. The summed E-state index contributed by atoms with van der Waals surface area (Å²) in [6.07, 6.45) is 1.87. The smallest absolute Gasteiger partial charge is 0.207 e. The van der Waals surface area contributed by atoms with Gasteiger partial charge in [-0.05, 0) is 29.6 Å². The Morgan fingerprint density at radius 2 is 1.70 bits per heavy atom. The van der Waals surface area contributed by atoms with Crippen LogP contribution in [0.2, 0.25) is 0 Å². The zero-order valence-electron chi connectivity index (χ0n) is 15.6. The lowest BCUT2D eigenvalue weighted by atomic mass is 9.70. The summed E-state index contributed by atoms with van der Waals surface area (Å²) in [5.74, 6) is -6.78. The van der Waals surface area contributed by atoms with Crippen LogP contribution in [-0.4, -0.2) is 16.8 Å². The van der Waals surface area contributed by atoms with Crippen LogP contribution in [0, 0.1) is 17.8 Å². The highest BCUT2D eigenvalue weighted by Crippen LogP contribution is 2.47. The Morgan fingerprint density at radius 1 is 1.17 bits per heavy atom. The van der Waals surface area contributed by atoms with E-state index in [0.29, 0.717) is 6.42 Å². The summed E-state index contributed by atoms with van der Waals surface area (Å²) in [6.45, 7) is 9.21. The van der Waals surface area contributed by atoms with Crippen molar-refractivity contribution in [2.75, 3.05) is 4.93 Å². The predicted octanol–water partition coefficient (Wildman–Crippen LogP) is 7.99. The molecule has 0 aromatic heterocycles. The molecule has 0 nitrogen and oxygen atoms in total. The molecular weight excluding hydrogens is 419 g/mol. The Bertz CT molecular complexity index is 282. The van der Waals surface area contributed by atoms with E-state index >= 15 is 0 Å². The Hall–Kier alpha value is 0.450. The third-order valence-corrected chi connectivity index (χ3v) is 4.62. The highest BCUT2D eigenvalue weighted by molar-refractivity contribution is 14.1. The molecule has 142 valence electrons. The standard InChI is InChI=1S/C15H26F4.C2H6.CH3I/c1-4-5-6-8-15(18,19)12(3)13-7-9-14(16,17)10-11(13)2;2*1-2/h11-13H,4-10H2,1-3H3;1-2H3;1H3. The maximum atomic E-state index is 14.1. The number of rotatable bonds is 6. The van der Waals surface area contributed by atoms with Crippen LogP contribution in [0.25, 0.3) is 0 Å². The van der Waals surface area contributed by atoms with Crippen LogP contribution in [0.3, 0.4) is 0 Å². The average Bonchev–Trinajstić information content (AvgIpc) is 2.50. The minimum absolute atomic E-state index is 0.110. The largest absolute Gasteiger partial charge is 0.250 e. The molecule has 1 aliphatic carbocycles. The van der Waals surface area contributed by atoms with Gasteiger partial charge in [0.05, 0.1) is 0 Å². The highest BCUT2D eigenvalue weighted by atomic mass is 127. The Labute approximate surface area is 154 Å². The monoisotopic (exact) mass is 454 g/mol. The van der Waals surface area contributed by atoms with Crippen LogP contribution in [-0.2, 0) is 0 Å². The van der Waals surface area contributed by atoms with E-state index in [1.165, 1.54) is 6.92 Å². The van der Waals surface area contributed by atoms with Crippen molar-refractivity contribution in [2.24, 2.45) is 17.8 Å². The lowest BCUT2D eigenvalue weighted by Crippen LogP contribution is -2.40. The number of unbranched alkanes of at least 4 members (excludes halogenated alkanes) is 2. The van der Waals surface area contributed by atoms with Crippen LogP contribution in [0.15, 0.2) is 0 Å². The van der Waals surface area contributed by atoms with Gasteiger partial charge < -0.3 is 0 Å². The number of hydrogen-bond donors (Lipinski definition) is 0. The molecule has 1 rings (SSSR count). The SMILES string of the molecule is CC.CCCCCC(F)(F)C(C)C1CCC(F)(F)CC1C.CI. The quantitative estimate of drug-likeness (QED) is 0.165. The van der Waals surface area contributed by atoms with Gasteiger partial charge in [0.25, 0.3) is 5.92 Å². The van der Waals surface area contributed by atoms with E-state index in [4.69, 9.17) is 0 Å². The topological polar surface area (TPSA) is 0 Å². The molecule has 3 unspecified atom stereocenters. The highest BCUT2D eigenvalue weighted by Gasteiger charge is 2.47. The van der Waals surface area contributed by atoms with Crippen molar-refractivity contribution in [2.45, 2.75) is 91.4 Å². The Kier molecular flexibility index (Phi) is 14.3. The first-order chi connectivity index (χ1) is 10.7. The molecule has 1 aliphatic rings. The van der Waals surface area contributed by atoms with Crippen molar-refractivity contribution in [3.05, 3.63) is 0 Å². The van der Waals surface area contributed by atoms with Gasteiger partial charge in [-0.15, -0.1) is 0 Å². The molecule has 0 spiro atoms. The molecule has 0 N–H and O–H groups in total. The molecule has 0 bridgehead atoms. The second-order valence-electron chi connectivity index (χ2n) is 6.25. The van der Waals surface area contributed by atoms with E-state index in [1.54, 1.807) is 6.92 Å². The Balaban J connectivity index is 0. The van der Waals surface area contributed by atoms with Gasteiger partial charge in [0.1, 0.15) is 0 Å². The van der Waals surface area contributed by atoms with Crippen molar-refractivity contribution >= 4 is 22.6 Å². The zero-order valence-corrected chi connectivity index (χ0v) is 17.7. The molecule has 1 saturated carbocycles. The van der Waals surface area contributed by atoms with Gasteiger partial charge in [0.2, 0.25) is 5.92 Å². The average molecular weight is 454 g/mol. The summed E-state index contributed by atoms with van der Waals surface area (Å²) >= 11 is 2.15. The van der Waals surface area contributed by atoms with Crippen molar-refractivity contribution in [1.29, 1.82) is 0 Å². The summed E-state index contributed by atoms with van der Waals surface area (Å²) < 4.78 is 54.7. The summed E-state index contributed by atoms with van der Waals surface area (Å²) in [4.78, 5) is 1.97. The van der Waals surface area contributed by atoms with Crippen LogP contribution < -0.4 is 0 Å². The molecular formula is C18H35F4I. The van der Waals surface area contributed by atoms with E-state index < -0.39 is 17.8 Å². The molecule has 0 aromatic carbocycles. The first-order valence-electron chi connectivity index (χ1n) is 8.83. The van der Waals surface area contributed by atoms with Crippen LogP contribution >= 0.6 is 22.6 Å². The van der Waals surface area contributed by atoms with Crippen LogP contribution in [0.1, 0.15) is 79.6 Å². The summed E-state index contributed by atoms with van der Waals surface area (Å²) in [7, 11) is 0. The van der Waals surface area contributed by atoms with E-state index in [-0.39, 0.29) is 37.5 Å². The van der Waals surface area contributed by atoms with E-state index in [9.17, 15) is 17.6 Å². The lowest BCUT2D eigenvalue weighted by Gasteiger charge is -2.40. The maximum absolute atomic E-state index is 14.1. The first kappa shape index (κ1) is 25.7. The molecule has 3 atom stereocenters. The van der Waals surface area contributed by atoms with Gasteiger partial charge in [0.15, 0.2) is 0 Å². The van der Waals surface area contributed by atoms with Gasteiger partial charge in [-0.3, -0.25) is 0 Å². The third-order valence-electron chi connectivity index (χ3n) is 4.62. The molecule has 1 fully saturated rings. The third kappa shape index (κ3) is 9.49. The van der Waals surface area contributed by atoms with Crippen LogP contribution in [0.5, 0.6) is 0 Å². The zero-order chi connectivity index (χ0) is 18.7. The van der Waals surface area contributed by atoms with Gasteiger partial charge in [0, 0.05) is 25.2 Å². The minimum atomic E-state index is -2.72. The van der Waals surface area contributed by atoms with E-state index in [2.05, 4.69) is 22.6 Å². The molecule has 23 heavy (non-hydrogen) atoms. The van der Waals surface area contributed by atoms with Crippen LogP contribution in [0.4, 0.5) is 17.6 Å². The van der Waals surface area contributed by atoms with Gasteiger partial charge in [-0.2, -0.15) is 0 Å². The van der Waals surface area contributed by atoms with E-state index in [1.807, 2.05) is 25.7 Å². The molecule has 0 amide bonds. The van der Waals surface area contributed by atoms with Crippen molar-refractivity contribution < 1.29 is 17.6 Å². The number of hydrogen-bond acceptors (Lipinski definition) is 0. The van der Waals surface area contributed by atoms with Crippen molar-refractivity contribution in [1.82, 2.24) is 0 Å². The fourth-order valence-electron chi connectivity index (χ4n) is 3.28. The Morgan fingerprint density at radius 3 is 2.13 bits per heavy atom. The fraction of sp³-hybridized carbons (Fsp3) is 1.00. The molecule has 0 aliphatic heterocycles. The van der Waals surface area contributed by atoms with Crippen molar-refractivity contribution in [3.63, 3.8) is 0 Å². The van der Waals surface area contributed by atoms with Crippen molar-refractivity contribution in [3.8, 4) is 0 Å². The molecule has 0 radical (unpaired) electrons. The number of halogens is 5. The lowest BCUT2D eigenvalue weighted by molar-refractivity contribution is -0.125. The normalized spacial score (nSPS) is 24.7. The fourth-order valence-corrected chi connectivity index (χ4v) is 3.28. The number of alkyl halides is 5. The summed E-state index contributed by atoms with van der Waals surface area (Å²) in [6, 6.07) is 0. The molecule has 0 heterocycles. The second kappa shape index (κ2) is 12.8. The minimum Gasteiger partial charge on any atom is -0.207 e. The predicted molar refractivity (Wildman–Crippen MR) is 101 cm³/mol. The van der Waals surface area contributed by atoms with Gasteiger partial charge in [-0.25, -0.2) is 17.6 Å². The first-order valence-corrected chi connectivity index (χ1v) is 11.0. The summed E-state index contributed by atoms with van der Waals surface area (Å²) in [5.41, 5.74) is 0. The van der Waals surface area contributed by atoms with Gasteiger partial charge in [-0.1, -0.05) is 70.1 Å². The molecule has 0 saturated heterocycles. The van der Waals surface area contributed by atoms with E-state index in [0.717, 1.165) is 12.8 Å². The molecule has 0 aromatic rings. The maximum Gasteiger partial charge on any atom is 0.250 e. The summed E-state index contributed by atoms with van der Waals surface area (Å²) in [5, 5.41) is 0.